The van der Waals surface area contributed by atoms with Crippen molar-refractivity contribution in [2.24, 2.45) is 0 Å². The molecule has 1 N–H and O–H groups in total. The molecule has 0 radical (unpaired) electrons. The fraction of sp³-hybridized carbons (Fsp3) is 0.250. The highest BCUT2D eigenvalue weighted by Crippen LogP contribution is 2.18. The van der Waals surface area contributed by atoms with Crippen molar-refractivity contribution >= 4 is 5.97 Å². The highest BCUT2D eigenvalue weighted by molar-refractivity contribution is 5.93. The first-order valence-corrected chi connectivity index (χ1v) is 5.38. The molecule has 0 saturated heterocycles. The predicted molar refractivity (Wildman–Crippen MR) is 63.4 cm³/mol. The van der Waals surface area contributed by atoms with Crippen LogP contribution in [0.25, 0.3) is 5.69 Å². The fourth-order valence-electron chi connectivity index (χ4n) is 1.77. The minimum atomic E-state index is -0.442. The third-order valence-electron chi connectivity index (χ3n) is 2.58. The summed E-state index contributed by atoms with van der Waals surface area (Å²) in [6.45, 7) is 1.50. The Bertz CT molecular complexity index is 578. The van der Waals surface area contributed by atoms with Crippen LogP contribution < -0.4 is 0 Å². The molecular weight excluding hydrogens is 234 g/mol. The molecule has 0 fully saturated rings. The number of hydrogen-bond donors (Lipinski definition) is 1. The van der Waals surface area contributed by atoms with E-state index in [9.17, 15) is 9.90 Å². The highest BCUT2D eigenvalue weighted by atomic mass is 16.5. The van der Waals surface area contributed by atoms with Crippen LogP contribution in [0.3, 0.4) is 0 Å². The predicted octanol–water partition coefficient (Wildman–Crippen LogP) is 0.855. The molecule has 2 rings (SSSR count). The van der Waals surface area contributed by atoms with Gasteiger partial charge in [-0.2, -0.15) is 0 Å². The van der Waals surface area contributed by atoms with Gasteiger partial charge >= 0.3 is 5.97 Å². The van der Waals surface area contributed by atoms with E-state index in [0.29, 0.717) is 22.9 Å². The van der Waals surface area contributed by atoms with Gasteiger partial charge in [-0.25, -0.2) is 4.79 Å². The molecule has 0 atom stereocenters. The van der Waals surface area contributed by atoms with Gasteiger partial charge in [-0.15, -0.1) is 10.2 Å². The number of para-hydroxylation sites is 1. The summed E-state index contributed by atoms with van der Waals surface area (Å²) in [4.78, 5) is 11.7. The van der Waals surface area contributed by atoms with Crippen LogP contribution in [0.4, 0.5) is 0 Å². The van der Waals surface area contributed by atoms with Crippen molar-refractivity contribution in [3.05, 3.63) is 41.5 Å². The average molecular weight is 247 g/mol. The molecule has 18 heavy (non-hydrogen) atoms. The van der Waals surface area contributed by atoms with Gasteiger partial charge in [-0.3, -0.25) is 4.57 Å². The smallest absolute Gasteiger partial charge is 0.339 e. The third kappa shape index (κ3) is 1.98. The Balaban J connectivity index is 2.63. The number of aromatic nitrogens is 3. The number of aliphatic hydroxyl groups excluding tert-OH is 1. The first kappa shape index (κ1) is 12.3. The molecule has 0 aliphatic rings. The molecule has 0 spiro atoms. The minimum absolute atomic E-state index is 0.254. The molecule has 0 saturated carbocycles. The van der Waals surface area contributed by atoms with Crippen molar-refractivity contribution in [2.45, 2.75) is 13.5 Å². The summed E-state index contributed by atoms with van der Waals surface area (Å²) in [7, 11) is 1.32. The van der Waals surface area contributed by atoms with Gasteiger partial charge in [0.25, 0.3) is 0 Å². The fourth-order valence-corrected chi connectivity index (χ4v) is 1.77. The Morgan fingerprint density at radius 3 is 2.78 bits per heavy atom. The summed E-state index contributed by atoms with van der Waals surface area (Å²) in [6.07, 6.45) is 0. The zero-order valence-corrected chi connectivity index (χ0v) is 10.1. The second-order valence-electron chi connectivity index (χ2n) is 3.67. The maximum absolute atomic E-state index is 11.7. The minimum Gasteiger partial charge on any atom is -0.465 e. The molecule has 1 aromatic carbocycles. The second-order valence-corrected chi connectivity index (χ2v) is 3.67. The molecule has 2 aromatic rings. The third-order valence-corrected chi connectivity index (χ3v) is 2.58. The summed E-state index contributed by atoms with van der Waals surface area (Å²) < 4.78 is 6.36. The number of carbonyl (C=O) groups is 1. The number of aliphatic hydroxyl groups is 1. The summed E-state index contributed by atoms with van der Waals surface area (Å²) >= 11 is 0. The van der Waals surface area contributed by atoms with E-state index in [-0.39, 0.29) is 6.61 Å². The van der Waals surface area contributed by atoms with Gasteiger partial charge in [0.05, 0.1) is 18.4 Å². The van der Waals surface area contributed by atoms with Crippen LogP contribution >= 0.6 is 0 Å². The maximum atomic E-state index is 11.7. The van der Waals surface area contributed by atoms with Crippen molar-refractivity contribution < 1.29 is 14.6 Å². The molecule has 1 heterocycles. The first-order valence-electron chi connectivity index (χ1n) is 5.38. The molecule has 94 valence electrons. The monoisotopic (exact) mass is 247 g/mol. The molecule has 0 aliphatic carbocycles. The summed E-state index contributed by atoms with van der Waals surface area (Å²) in [5, 5.41) is 17.0. The number of ether oxygens (including phenoxy) is 1. The Morgan fingerprint density at radius 1 is 1.39 bits per heavy atom. The molecule has 0 aliphatic heterocycles. The number of aryl methyl sites for hydroxylation is 1. The highest BCUT2D eigenvalue weighted by Gasteiger charge is 2.17. The number of benzene rings is 1. The SMILES string of the molecule is COC(=O)c1ccccc1-n1c(C)nnc1CO. The summed E-state index contributed by atoms with van der Waals surface area (Å²) in [5.74, 6) is 0.529. The number of rotatable bonds is 3. The lowest BCUT2D eigenvalue weighted by atomic mass is 10.1. The van der Waals surface area contributed by atoms with Crippen molar-refractivity contribution in [3.63, 3.8) is 0 Å². The Morgan fingerprint density at radius 2 is 2.11 bits per heavy atom. The van der Waals surface area contributed by atoms with Gasteiger partial charge in [0, 0.05) is 0 Å². The standard InChI is InChI=1S/C12H13N3O3/c1-8-13-14-11(7-16)15(8)10-6-4-3-5-9(10)12(17)18-2/h3-6,16H,7H2,1-2H3. The van der Waals surface area contributed by atoms with E-state index in [2.05, 4.69) is 10.2 Å². The van der Waals surface area contributed by atoms with E-state index in [4.69, 9.17) is 4.74 Å². The zero-order chi connectivity index (χ0) is 13.1. The van der Waals surface area contributed by atoms with E-state index < -0.39 is 5.97 Å². The van der Waals surface area contributed by atoms with Crippen LogP contribution in [0.5, 0.6) is 0 Å². The van der Waals surface area contributed by atoms with E-state index in [0.717, 1.165) is 0 Å². The van der Waals surface area contributed by atoms with Crippen molar-refractivity contribution in [2.75, 3.05) is 7.11 Å². The van der Waals surface area contributed by atoms with Gasteiger partial charge in [-0.05, 0) is 19.1 Å². The Labute approximate surface area is 104 Å². The normalized spacial score (nSPS) is 10.4. The van der Waals surface area contributed by atoms with Gasteiger partial charge in [0.1, 0.15) is 12.4 Å². The number of hydrogen-bond acceptors (Lipinski definition) is 5. The lowest BCUT2D eigenvalue weighted by Gasteiger charge is -2.11. The molecule has 6 heteroatoms. The maximum Gasteiger partial charge on any atom is 0.339 e. The Kier molecular flexibility index (Phi) is 3.38. The largest absolute Gasteiger partial charge is 0.465 e. The summed E-state index contributed by atoms with van der Waals surface area (Å²) in [6, 6.07) is 6.94. The molecule has 1 aromatic heterocycles. The quantitative estimate of drug-likeness (QED) is 0.814. The topological polar surface area (TPSA) is 77.2 Å². The summed E-state index contributed by atoms with van der Waals surface area (Å²) in [5.41, 5.74) is 0.994. The van der Waals surface area contributed by atoms with Gasteiger partial charge in [0.2, 0.25) is 0 Å². The Hall–Kier alpha value is -2.21. The second kappa shape index (κ2) is 4.97. The number of esters is 1. The van der Waals surface area contributed by atoms with Gasteiger partial charge in [0.15, 0.2) is 5.82 Å². The van der Waals surface area contributed by atoms with Gasteiger partial charge in [-0.1, -0.05) is 12.1 Å². The molecule has 0 bridgehead atoms. The van der Waals surface area contributed by atoms with Crippen LogP contribution in [0, 0.1) is 6.92 Å². The van der Waals surface area contributed by atoms with Gasteiger partial charge < -0.3 is 9.84 Å². The van der Waals surface area contributed by atoms with E-state index in [1.165, 1.54) is 7.11 Å². The number of carbonyl (C=O) groups excluding carboxylic acids is 1. The van der Waals surface area contributed by atoms with Crippen molar-refractivity contribution in [1.29, 1.82) is 0 Å². The van der Waals surface area contributed by atoms with Crippen LogP contribution in [0.1, 0.15) is 22.0 Å². The number of nitrogens with zero attached hydrogens (tertiary/aromatic N) is 3. The molecule has 0 unspecified atom stereocenters. The van der Waals surface area contributed by atoms with E-state index in [1.807, 2.05) is 0 Å². The zero-order valence-electron chi connectivity index (χ0n) is 10.1. The van der Waals surface area contributed by atoms with Crippen LogP contribution in [-0.4, -0.2) is 33.0 Å². The lowest BCUT2D eigenvalue weighted by Crippen LogP contribution is -2.11. The van der Waals surface area contributed by atoms with Crippen LogP contribution in [-0.2, 0) is 11.3 Å². The van der Waals surface area contributed by atoms with E-state index in [1.54, 1.807) is 35.8 Å². The van der Waals surface area contributed by atoms with Crippen LogP contribution in [0.15, 0.2) is 24.3 Å². The lowest BCUT2D eigenvalue weighted by molar-refractivity contribution is 0.0600. The molecule has 6 nitrogen and oxygen atoms in total. The number of methoxy groups -OCH3 is 1. The van der Waals surface area contributed by atoms with Crippen molar-refractivity contribution in [3.8, 4) is 5.69 Å². The molecular formula is C12H13N3O3. The van der Waals surface area contributed by atoms with Crippen LogP contribution in [0.2, 0.25) is 0 Å². The molecule has 0 amide bonds. The average Bonchev–Trinajstić information content (AvgIpc) is 2.78. The van der Waals surface area contributed by atoms with Crippen molar-refractivity contribution in [1.82, 2.24) is 14.8 Å². The first-order chi connectivity index (χ1) is 8.69. The van der Waals surface area contributed by atoms with E-state index >= 15 is 0 Å².